The molecule has 1 nitrogen and oxygen atoms in total. The van der Waals surface area contributed by atoms with E-state index in [1.807, 2.05) is 0 Å². The summed E-state index contributed by atoms with van der Waals surface area (Å²) < 4.78 is 0. The third-order valence-electron chi connectivity index (χ3n) is 4.51. The van der Waals surface area contributed by atoms with Crippen molar-refractivity contribution in [3.8, 4) is 0 Å². The van der Waals surface area contributed by atoms with Crippen molar-refractivity contribution >= 4 is 0 Å². The molecular formula is C15H30O. The fraction of sp³-hybridized carbons (Fsp3) is 1.00. The molecule has 1 N–H and O–H groups in total. The van der Waals surface area contributed by atoms with Crippen LogP contribution >= 0.6 is 0 Å². The van der Waals surface area contributed by atoms with Gasteiger partial charge in [0.2, 0.25) is 0 Å². The van der Waals surface area contributed by atoms with E-state index >= 15 is 0 Å². The number of aliphatic hydroxyl groups is 1. The molecule has 0 radical (unpaired) electrons. The Bertz CT molecular complexity index is 198. The second kappa shape index (κ2) is 6.05. The van der Waals surface area contributed by atoms with Gasteiger partial charge in [-0.3, -0.25) is 0 Å². The molecule has 96 valence electrons. The molecule has 0 aliphatic heterocycles. The molecule has 0 spiro atoms. The molecule has 1 rings (SSSR count). The van der Waals surface area contributed by atoms with E-state index in [1.54, 1.807) is 0 Å². The molecule has 0 heterocycles. The average Bonchev–Trinajstić information content (AvgIpc) is 2.16. The van der Waals surface area contributed by atoms with E-state index in [0.717, 1.165) is 6.42 Å². The highest BCUT2D eigenvalue weighted by Gasteiger charge is 2.40. The maximum atomic E-state index is 10.4. The Morgan fingerprint density at radius 1 is 1.31 bits per heavy atom. The second-order valence-electron chi connectivity index (χ2n) is 6.45. The van der Waals surface area contributed by atoms with Gasteiger partial charge in [0.25, 0.3) is 0 Å². The lowest BCUT2D eigenvalue weighted by Gasteiger charge is -2.45. The number of hydrogen-bond acceptors (Lipinski definition) is 1. The second-order valence-corrected chi connectivity index (χ2v) is 6.45. The Kier molecular flexibility index (Phi) is 5.30. The van der Waals surface area contributed by atoms with Crippen molar-refractivity contribution in [2.24, 2.45) is 17.3 Å². The maximum Gasteiger partial charge on any atom is 0.0576 e. The first kappa shape index (κ1) is 14.0. The fourth-order valence-corrected chi connectivity index (χ4v) is 3.68. The highest BCUT2D eigenvalue weighted by Crippen LogP contribution is 2.46. The number of hydrogen-bond donors (Lipinski definition) is 1. The number of unbranched alkanes of at least 4 members (excludes halogenated alkanes) is 2. The lowest BCUT2D eigenvalue weighted by Crippen LogP contribution is -2.41. The minimum absolute atomic E-state index is 0.0724. The van der Waals surface area contributed by atoms with E-state index in [0.29, 0.717) is 17.3 Å². The van der Waals surface area contributed by atoms with E-state index in [1.165, 1.54) is 38.5 Å². The van der Waals surface area contributed by atoms with Crippen LogP contribution in [0.3, 0.4) is 0 Å². The van der Waals surface area contributed by atoms with Crippen molar-refractivity contribution in [3.05, 3.63) is 0 Å². The van der Waals surface area contributed by atoms with E-state index in [9.17, 15) is 5.11 Å². The Labute approximate surface area is 102 Å². The maximum absolute atomic E-state index is 10.4. The standard InChI is InChI=1S/C15H30O/c1-5-6-7-10-13(16)14-12(2)9-8-11-15(14,3)4/h12-14,16H,5-11H2,1-4H3. The molecule has 1 aliphatic carbocycles. The highest BCUT2D eigenvalue weighted by molar-refractivity contribution is 4.90. The quantitative estimate of drug-likeness (QED) is 0.689. The van der Waals surface area contributed by atoms with Crippen LogP contribution in [0.4, 0.5) is 0 Å². The zero-order valence-corrected chi connectivity index (χ0v) is 11.6. The van der Waals surface area contributed by atoms with Crippen molar-refractivity contribution in [1.29, 1.82) is 0 Å². The molecule has 0 amide bonds. The summed E-state index contributed by atoms with van der Waals surface area (Å²) in [6.45, 7) is 9.24. The van der Waals surface area contributed by atoms with Crippen LogP contribution in [0.25, 0.3) is 0 Å². The summed E-state index contributed by atoms with van der Waals surface area (Å²) >= 11 is 0. The predicted octanol–water partition coefficient (Wildman–Crippen LogP) is 4.39. The SMILES string of the molecule is CCCCCC(O)C1C(C)CCCC1(C)C. The molecule has 0 aromatic carbocycles. The fourth-order valence-electron chi connectivity index (χ4n) is 3.68. The normalized spacial score (nSPS) is 31.3. The van der Waals surface area contributed by atoms with Crippen LogP contribution in [-0.4, -0.2) is 11.2 Å². The molecule has 0 bridgehead atoms. The third kappa shape index (κ3) is 3.48. The summed E-state index contributed by atoms with van der Waals surface area (Å²) in [5.41, 5.74) is 0.337. The van der Waals surface area contributed by atoms with Crippen LogP contribution in [0.15, 0.2) is 0 Å². The van der Waals surface area contributed by atoms with E-state index in [-0.39, 0.29) is 6.10 Å². The van der Waals surface area contributed by atoms with Crippen LogP contribution in [-0.2, 0) is 0 Å². The molecular weight excluding hydrogens is 196 g/mol. The average molecular weight is 226 g/mol. The van der Waals surface area contributed by atoms with Gasteiger partial charge in [-0.25, -0.2) is 0 Å². The van der Waals surface area contributed by atoms with Gasteiger partial charge in [0, 0.05) is 0 Å². The van der Waals surface area contributed by atoms with Gasteiger partial charge in [0.05, 0.1) is 6.10 Å². The number of aliphatic hydroxyl groups excluding tert-OH is 1. The first-order valence-corrected chi connectivity index (χ1v) is 7.17. The first-order chi connectivity index (χ1) is 7.49. The minimum Gasteiger partial charge on any atom is -0.393 e. The smallest absolute Gasteiger partial charge is 0.0576 e. The van der Waals surface area contributed by atoms with Gasteiger partial charge in [-0.2, -0.15) is 0 Å². The number of rotatable bonds is 5. The Hall–Kier alpha value is -0.0400. The van der Waals surface area contributed by atoms with Gasteiger partial charge < -0.3 is 5.11 Å². The summed E-state index contributed by atoms with van der Waals surface area (Å²) in [4.78, 5) is 0. The van der Waals surface area contributed by atoms with Gasteiger partial charge >= 0.3 is 0 Å². The molecule has 0 aromatic heterocycles. The highest BCUT2D eigenvalue weighted by atomic mass is 16.3. The molecule has 1 fully saturated rings. The van der Waals surface area contributed by atoms with Crippen LogP contribution in [0.1, 0.15) is 72.6 Å². The molecule has 3 unspecified atom stereocenters. The van der Waals surface area contributed by atoms with Gasteiger partial charge in [-0.05, 0) is 30.1 Å². The van der Waals surface area contributed by atoms with Crippen LogP contribution in [0.2, 0.25) is 0 Å². The lowest BCUT2D eigenvalue weighted by molar-refractivity contribution is -0.0321. The summed E-state index contributed by atoms with van der Waals surface area (Å²) in [7, 11) is 0. The summed E-state index contributed by atoms with van der Waals surface area (Å²) in [5, 5.41) is 10.4. The monoisotopic (exact) mass is 226 g/mol. The summed E-state index contributed by atoms with van der Waals surface area (Å²) in [6, 6.07) is 0. The summed E-state index contributed by atoms with van der Waals surface area (Å²) in [6.07, 6.45) is 8.56. The lowest BCUT2D eigenvalue weighted by atomic mass is 9.61. The van der Waals surface area contributed by atoms with E-state index in [4.69, 9.17) is 0 Å². The van der Waals surface area contributed by atoms with E-state index in [2.05, 4.69) is 27.7 Å². The van der Waals surface area contributed by atoms with Crippen molar-refractivity contribution < 1.29 is 5.11 Å². The van der Waals surface area contributed by atoms with E-state index < -0.39 is 0 Å². The Balaban J connectivity index is 2.52. The molecule has 3 atom stereocenters. The van der Waals surface area contributed by atoms with Gasteiger partial charge in [-0.15, -0.1) is 0 Å². The van der Waals surface area contributed by atoms with Crippen LogP contribution < -0.4 is 0 Å². The zero-order chi connectivity index (χ0) is 12.2. The van der Waals surface area contributed by atoms with Crippen molar-refractivity contribution in [3.63, 3.8) is 0 Å². The minimum atomic E-state index is -0.0724. The largest absolute Gasteiger partial charge is 0.393 e. The summed E-state index contributed by atoms with van der Waals surface area (Å²) in [5.74, 6) is 1.21. The van der Waals surface area contributed by atoms with Gasteiger partial charge in [0.1, 0.15) is 0 Å². The Morgan fingerprint density at radius 2 is 2.00 bits per heavy atom. The molecule has 0 aromatic rings. The van der Waals surface area contributed by atoms with Crippen molar-refractivity contribution in [2.45, 2.75) is 78.7 Å². The zero-order valence-electron chi connectivity index (χ0n) is 11.6. The molecule has 1 aliphatic rings. The molecule has 0 saturated heterocycles. The van der Waals surface area contributed by atoms with Gasteiger partial charge in [0.15, 0.2) is 0 Å². The van der Waals surface area contributed by atoms with Crippen LogP contribution in [0.5, 0.6) is 0 Å². The van der Waals surface area contributed by atoms with Gasteiger partial charge in [-0.1, -0.05) is 59.8 Å². The van der Waals surface area contributed by atoms with Crippen molar-refractivity contribution in [1.82, 2.24) is 0 Å². The first-order valence-electron chi connectivity index (χ1n) is 7.17. The van der Waals surface area contributed by atoms with Crippen molar-refractivity contribution in [2.75, 3.05) is 0 Å². The van der Waals surface area contributed by atoms with Crippen LogP contribution in [0, 0.1) is 17.3 Å². The third-order valence-corrected chi connectivity index (χ3v) is 4.51. The Morgan fingerprint density at radius 3 is 2.56 bits per heavy atom. The molecule has 16 heavy (non-hydrogen) atoms. The molecule has 1 saturated carbocycles. The predicted molar refractivity (Wildman–Crippen MR) is 70.4 cm³/mol. The topological polar surface area (TPSA) is 20.2 Å². The molecule has 1 heteroatoms.